The topological polar surface area (TPSA) is 31.2 Å². The van der Waals surface area contributed by atoms with Crippen LogP contribution in [-0.2, 0) is 9.53 Å². The van der Waals surface area contributed by atoms with Gasteiger partial charge in [0.25, 0.3) is 0 Å². The average molecular weight is 223 g/mol. The van der Waals surface area contributed by atoms with E-state index in [9.17, 15) is 4.79 Å². The Morgan fingerprint density at radius 3 is 2.38 bits per heavy atom. The van der Waals surface area contributed by atoms with E-state index in [4.69, 9.17) is 4.74 Å². The Morgan fingerprint density at radius 1 is 1.31 bits per heavy atom. The van der Waals surface area contributed by atoms with Crippen LogP contribution in [0.15, 0.2) is 18.3 Å². The molecule has 0 bridgehead atoms. The Labute approximate surface area is 97.4 Å². The Hall–Kier alpha value is -1.25. The number of ether oxygens (including phenoxy) is 1. The summed E-state index contributed by atoms with van der Waals surface area (Å²) < 4.78 is 6.90. The molecule has 1 rings (SSSR count). The number of methoxy groups -OCH3 is 1. The lowest BCUT2D eigenvalue weighted by atomic mass is 10.0. The summed E-state index contributed by atoms with van der Waals surface area (Å²) in [6.45, 7) is 8.32. The molecule has 3 nitrogen and oxygen atoms in total. The molecule has 0 fully saturated rings. The van der Waals surface area contributed by atoms with Gasteiger partial charge in [0.05, 0.1) is 7.11 Å². The van der Waals surface area contributed by atoms with Gasteiger partial charge in [-0.1, -0.05) is 27.7 Å². The van der Waals surface area contributed by atoms with Gasteiger partial charge in [-0.05, 0) is 24.0 Å². The first-order valence-corrected chi connectivity index (χ1v) is 5.73. The molecule has 1 aromatic heterocycles. The smallest absolute Gasteiger partial charge is 0.329 e. The second-order valence-electron chi connectivity index (χ2n) is 4.71. The molecule has 0 radical (unpaired) electrons. The summed E-state index contributed by atoms with van der Waals surface area (Å²) in [5.74, 6) is 0.450. The number of esters is 1. The van der Waals surface area contributed by atoms with Crippen molar-refractivity contribution >= 4 is 5.97 Å². The van der Waals surface area contributed by atoms with Gasteiger partial charge in [0, 0.05) is 11.9 Å². The maximum Gasteiger partial charge on any atom is 0.329 e. The Morgan fingerprint density at radius 2 is 1.94 bits per heavy atom. The van der Waals surface area contributed by atoms with Crippen molar-refractivity contribution in [2.24, 2.45) is 5.92 Å². The van der Waals surface area contributed by atoms with Crippen molar-refractivity contribution in [3.05, 3.63) is 24.0 Å². The van der Waals surface area contributed by atoms with Crippen LogP contribution in [0.1, 0.15) is 45.3 Å². The fraction of sp³-hybridized carbons (Fsp3) is 0.615. The molecular formula is C13H21NO2. The van der Waals surface area contributed by atoms with E-state index in [1.165, 1.54) is 12.8 Å². The summed E-state index contributed by atoms with van der Waals surface area (Å²) in [7, 11) is 1.44. The minimum atomic E-state index is -0.225. The first-order valence-electron chi connectivity index (χ1n) is 5.73. The fourth-order valence-electron chi connectivity index (χ4n) is 1.98. The quantitative estimate of drug-likeness (QED) is 0.735. The first kappa shape index (κ1) is 12.8. The second kappa shape index (κ2) is 5.19. The van der Waals surface area contributed by atoms with Crippen LogP contribution in [-0.4, -0.2) is 17.6 Å². The molecule has 0 aliphatic heterocycles. The van der Waals surface area contributed by atoms with E-state index in [1.807, 2.05) is 30.7 Å². The molecule has 3 heteroatoms. The highest BCUT2D eigenvalue weighted by Crippen LogP contribution is 2.25. The Bertz CT molecular complexity index is 353. The number of carbonyl (C=O) groups is 1. The zero-order valence-corrected chi connectivity index (χ0v) is 10.7. The third-order valence-electron chi connectivity index (χ3n) is 2.78. The van der Waals surface area contributed by atoms with Crippen LogP contribution in [0.5, 0.6) is 0 Å². The summed E-state index contributed by atoms with van der Waals surface area (Å²) in [5, 5.41) is 0. The van der Waals surface area contributed by atoms with Gasteiger partial charge in [-0.3, -0.25) is 0 Å². The number of rotatable bonds is 4. The van der Waals surface area contributed by atoms with Gasteiger partial charge < -0.3 is 9.30 Å². The molecule has 0 saturated carbocycles. The fourth-order valence-corrected chi connectivity index (χ4v) is 1.98. The maximum absolute atomic E-state index is 11.8. The normalized spacial score (nSPS) is 13.2. The van der Waals surface area contributed by atoms with E-state index in [1.54, 1.807) is 0 Å². The third kappa shape index (κ3) is 2.46. The molecule has 1 unspecified atom stereocenters. The van der Waals surface area contributed by atoms with Crippen molar-refractivity contribution in [3.63, 3.8) is 0 Å². The summed E-state index contributed by atoms with van der Waals surface area (Å²) in [5.41, 5.74) is 1.17. The zero-order chi connectivity index (χ0) is 12.3. The van der Waals surface area contributed by atoms with E-state index >= 15 is 0 Å². The van der Waals surface area contributed by atoms with Crippen LogP contribution in [0.25, 0.3) is 0 Å². The lowest BCUT2D eigenvalue weighted by Gasteiger charge is -2.24. The second-order valence-corrected chi connectivity index (χ2v) is 4.71. The van der Waals surface area contributed by atoms with E-state index in [0.717, 1.165) is 0 Å². The Kier molecular flexibility index (Phi) is 4.16. The number of aromatic nitrogens is 1. The first-order chi connectivity index (χ1) is 7.49. The third-order valence-corrected chi connectivity index (χ3v) is 2.78. The van der Waals surface area contributed by atoms with Crippen molar-refractivity contribution in [3.8, 4) is 0 Å². The predicted octanol–water partition coefficient (Wildman–Crippen LogP) is 2.98. The van der Waals surface area contributed by atoms with Crippen LogP contribution in [0, 0.1) is 5.92 Å². The van der Waals surface area contributed by atoms with Crippen molar-refractivity contribution in [2.75, 3.05) is 7.11 Å². The van der Waals surface area contributed by atoms with Crippen molar-refractivity contribution in [1.29, 1.82) is 0 Å². The van der Waals surface area contributed by atoms with Crippen LogP contribution < -0.4 is 0 Å². The molecule has 1 aromatic rings. The van der Waals surface area contributed by atoms with E-state index in [2.05, 4.69) is 19.9 Å². The van der Waals surface area contributed by atoms with Crippen molar-refractivity contribution < 1.29 is 9.53 Å². The number of nitrogens with zero attached hydrogens (tertiary/aromatic N) is 1. The molecular weight excluding hydrogens is 202 g/mol. The molecule has 1 heterocycles. The molecule has 0 amide bonds. The summed E-state index contributed by atoms with van der Waals surface area (Å²) >= 11 is 0. The van der Waals surface area contributed by atoms with Crippen molar-refractivity contribution in [2.45, 2.75) is 39.7 Å². The highest BCUT2D eigenvalue weighted by atomic mass is 16.5. The maximum atomic E-state index is 11.8. The van der Waals surface area contributed by atoms with Gasteiger partial charge in [-0.15, -0.1) is 0 Å². The molecule has 0 aliphatic rings. The summed E-state index contributed by atoms with van der Waals surface area (Å²) in [4.78, 5) is 11.8. The lowest BCUT2D eigenvalue weighted by molar-refractivity contribution is -0.146. The molecule has 1 atom stereocenters. The predicted molar refractivity (Wildman–Crippen MR) is 64.4 cm³/mol. The van der Waals surface area contributed by atoms with Crippen LogP contribution in [0.3, 0.4) is 0 Å². The molecule has 0 N–H and O–H groups in total. The van der Waals surface area contributed by atoms with Crippen molar-refractivity contribution in [1.82, 2.24) is 4.57 Å². The number of hydrogen-bond acceptors (Lipinski definition) is 2. The molecule has 16 heavy (non-hydrogen) atoms. The number of carbonyl (C=O) groups excluding carboxylic acids is 1. The highest BCUT2D eigenvalue weighted by Gasteiger charge is 2.26. The van der Waals surface area contributed by atoms with E-state index in [-0.39, 0.29) is 17.9 Å². The highest BCUT2D eigenvalue weighted by molar-refractivity contribution is 5.74. The summed E-state index contributed by atoms with van der Waals surface area (Å²) in [6.07, 6.45) is 1.96. The van der Waals surface area contributed by atoms with Gasteiger partial charge in [0.1, 0.15) is 6.04 Å². The zero-order valence-electron chi connectivity index (χ0n) is 10.7. The molecule has 90 valence electrons. The van der Waals surface area contributed by atoms with Gasteiger partial charge in [-0.2, -0.15) is 0 Å². The van der Waals surface area contributed by atoms with E-state index < -0.39 is 0 Å². The minimum absolute atomic E-state index is 0.173. The van der Waals surface area contributed by atoms with Crippen LogP contribution in [0.2, 0.25) is 0 Å². The summed E-state index contributed by atoms with van der Waals surface area (Å²) in [6, 6.07) is 3.81. The van der Waals surface area contributed by atoms with Gasteiger partial charge in [0.2, 0.25) is 0 Å². The molecule has 0 aliphatic carbocycles. The van der Waals surface area contributed by atoms with Gasteiger partial charge in [-0.25, -0.2) is 4.79 Å². The molecule has 0 spiro atoms. The minimum Gasteiger partial charge on any atom is -0.467 e. The molecule has 0 aromatic carbocycles. The van der Waals surface area contributed by atoms with Crippen LogP contribution in [0.4, 0.5) is 0 Å². The SMILES string of the molecule is COC(=O)C(C(C)C)n1cccc1C(C)C. The average Bonchev–Trinajstić information content (AvgIpc) is 2.66. The molecule has 0 saturated heterocycles. The standard InChI is InChI=1S/C13H21NO2/c1-9(2)11-7-6-8-14(11)12(10(3)4)13(15)16-5/h6-10,12H,1-5H3. The number of hydrogen-bond donors (Lipinski definition) is 0. The van der Waals surface area contributed by atoms with Gasteiger partial charge in [0.15, 0.2) is 0 Å². The largest absolute Gasteiger partial charge is 0.467 e. The van der Waals surface area contributed by atoms with Gasteiger partial charge >= 0.3 is 5.97 Å². The lowest BCUT2D eigenvalue weighted by Crippen LogP contribution is -2.26. The van der Waals surface area contributed by atoms with Crippen LogP contribution >= 0.6 is 0 Å². The Balaban J connectivity index is 3.11. The van der Waals surface area contributed by atoms with E-state index in [0.29, 0.717) is 5.92 Å². The monoisotopic (exact) mass is 223 g/mol.